The molecular weight excluding hydrogens is 436 g/mol. The lowest BCUT2D eigenvalue weighted by Gasteiger charge is -2.32. The van der Waals surface area contributed by atoms with E-state index in [1.807, 2.05) is 16.8 Å². The van der Waals surface area contributed by atoms with E-state index < -0.39 is 0 Å². The number of aromatic nitrogens is 2. The Labute approximate surface area is 209 Å². The molecule has 0 spiro atoms. The van der Waals surface area contributed by atoms with Crippen LogP contribution in [0, 0.1) is 13.8 Å². The molecule has 2 aromatic heterocycles. The van der Waals surface area contributed by atoms with Gasteiger partial charge in [0.1, 0.15) is 0 Å². The summed E-state index contributed by atoms with van der Waals surface area (Å²) < 4.78 is 0. The van der Waals surface area contributed by atoms with E-state index in [4.69, 9.17) is 5.11 Å². The highest BCUT2D eigenvalue weighted by atomic mass is 16.3. The van der Waals surface area contributed by atoms with Crippen LogP contribution in [0.5, 0.6) is 0 Å². The highest BCUT2D eigenvalue weighted by Crippen LogP contribution is 2.38. The number of fused-ring (bicyclic) bond motifs is 1. The Kier molecular flexibility index (Phi) is 7.92. The number of benzene rings is 1. The second kappa shape index (κ2) is 10.9. The molecule has 35 heavy (non-hydrogen) atoms. The van der Waals surface area contributed by atoms with Crippen LogP contribution in [-0.4, -0.2) is 70.6 Å². The topological polar surface area (TPSA) is 72.5 Å². The Morgan fingerprint density at radius 1 is 1.14 bits per heavy atom. The largest absolute Gasteiger partial charge is 0.395 e. The number of aliphatic hydroxyl groups is 1. The van der Waals surface area contributed by atoms with Crippen LogP contribution in [0.4, 0.5) is 0 Å². The maximum absolute atomic E-state index is 12.7. The Hall–Kier alpha value is -2.70. The van der Waals surface area contributed by atoms with Gasteiger partial charge in [0, 0.05) is 60.5 Å². The van der Waals surface area contributed by atoms with Gasteiger partial charge in [-0.3, -0.25) is 9.78 Å². The molecule has 1 aliphatic heterocycles. The second-order valence-corrected chi connectivity index (χ2v) is 10.4. The van der Waals surface area contributed by atoms with Gasteiger partial charge < -0.3 is 19.9 Å². The molecule has 0 saturated carbocycles. The number of nitrogens with zero attached hydrogens (tertiary/aromatic N) is 3. The molecule has 3 heterocycles. The number of aliphatic hydroxyl groups excluding tert-OH is 1. The molecule has 0 aliphatic carbocycles. The zero-order valence-electron chi connectivity index (χ0n) is 21.9. The number of hydrogen-bond donors (Lipinski definition) is 2. The molecule has 0 unspecified atom stereocenters. The number of aryl methyl sites for hydroxylation is 2. The third-order valence-corrected chi connectivity index (χ3v) is 7.32. The number of carbonyl (C=O) groups excluding carboxylic acids is 1. The van der Waals surface area contributed by atoms with E-state index in [1.165, 1.54) is 33.3 Å². The minimum absolute atomic E-state index is 0.128. The molecule has 2 N–H and O–H groups in total. The lowest BCUT2D eigenvalue weighted by molar-refractivity contribution is -0.132. The van der Waals surface area contributed by atoms with Gasteiger partial charge in [-0.2, -0.15) is 0 Å². The molecule has 1 aromatic carbocycles. The molecular formula is C29H40N4O2. The standard InChI is InChI=1S/C29H40N4O2/c1-19(2)28-25-18-23(6-7-26(25)31-29(28)24-16-20(3)30-21(4)17-24)22-8-12-33(13-9-22)27(35)10-11-32(5)14-15-34/h6-7,16-19,22,31,34H,8-15H2,1-5H3. The van der Waals surface area contributed by atoms with Crippen molar-refractivity contribution in [2.45, 2.75) is 58.8 Å². The summed E-state index contributed by atoms with van der Waals surface area (Å²) in [6, 6.07) is 11.2. The number of aromatic amines is 1. The maximum Gasteiger partial charge on any atom is 0.223 e. The Balaban J connectivity index is 1.51. The number of likely N-dealkylation sites (tertiary alicyclic amines) is 1. The normalized spacial score (nSPS) is 15.0. The number of hydrogen-bond acceptors (Lipinski definition) is 4. The van der Waals surface area contributed by atoms with Crippen LogP contribution in [0.1, 0.15) is 67.5 Å². The Morgan fingerprint density at radius 3 is 2.46 bits per heavy atom. The average Bonchev–Trinajstić information content (AvgIpc) is 3.21. The molecule has 6 nitrogen and oxygen atoms in total. The van der Waals surface area contributed by atoms with Gasteiger partial charge in [-0.1, -0.05) is 19.9 Å². The van der Waals surface area contributed by atoms with Crippen LogP contribution >= 0.6 is 0 Å². The van der Waals surface area contributed by atoms with Crippen LogP contribution in [0.15, 0.2) is 30.3 Å². The van der Waals surface area contributed by atoms with Crippen LogP contribution in [0.25, 0.3) is 22.2 Å². The predicted molar refractivity (Wildman–Crippen MR) is 143 cm³/mol. The first kappa shape index (κ1) is 25.4. The SMILES string of the molecule is Cc1cc(-c2[nH]c3ccc(C4CCN(C(=O)CCN(C)CCO)CC4)cc3c2C(C)C)cc(C)n1. The van der Waals surface area contributed by atoms with E-state index in [1.54, 1.807) is 0 Å². The molecule has 3 aromatic rings. The van der Waals surface area contributed by atoms with Crippen molar-refractivity contribution < 1.29 is 9.90 Å². The van der Waals surface area contributed by atoms with Crippen LogP contribution in [0.2, 0.25) is 0 Å². The molecule has 1 amide bonds. The summed E-state index contributed by atoms with van der Waals surface area (Å²) in [5, 5.41) is 10.4. The van der Waals surface area contributed by atoms with E-state index in [0.717, 1.165) is 37.3 Å². The fourth-order valence-electron chi connectivity index (χ4n) is 5.48. The number of amides is 1. The average molecular weight is 477 g/mol. The van der Waals surface area contributed by atoms with Gasteiger partial charge in [0.15, 0.2) is 0 Å². The lowest BCUT2D eigenvalue weighted by atomic mass is 9.87. The third-order valence-electron chi connectivity index (χ3n) is 7.32. The zero-order valence-corrected chi connectivity index (χ0v) is 21.9. The van der Waals surface area contributed by atoms with Crippen molar-refractivity contribution in [3.8, 4) is 11.3 Å². The molecule has 0 atom stereocenters. The van der Waals surface area contributed by atoms with Gasteiger partial charge in [0.05, 0.1) is 12.3 Å². The van der Waals surface area contributed by atoms with Gasteiger partial charge in [-0.25, -0.2) is 0 Å². The quantitative estimate of drug-likeness (QED) is 0.480. The number of H-pyrrole nitrogens is 1. The summed E-state index contributed by atoms with van der Waals surface area (Å²) in [5.41, 5.74) is 8.40. The van der Waals surface area contributed by atoms with E-state index in [9.17, 15) is 4.79 Å². The molecule has 0 bridgehead atoms. The van der Waals surface area contributed by atoms with Gasteiger partial charge in [0.2, 0.25) is 5.91 Å². The predicted octanol–water partition coefficient (Wildman–Crippen LogP) is 4.99. The minimum Gasteiger partial charge on any atom is -0.395 e. The summed E-state index contributed by atoms with van der Waals surface area (Å²) in [5.74, 6) is 1.10. The summed E-state index contributed by atoms with van der Waals surface area (Å²) in [6.45, 7) is 11.7. The number of piperidine rings is 1. The van der Waals surface area contributed by atoms with E-state index >= 15 is 0 Å². The van der Waals surface area contributed by atoms with E-state index in [-0.39, 0.29) is 12.5 Å². The molecule has 4 rings (SSSR count). The first-order valence-electron chi connectivity index (χ1n) is 12.9. The van der Waals surface area contributed by atoms with E-state index in [0.29, 0.717) is 31.3 Å². The zero-order chi connectivity index (χ0) is 25.1. The highest BCUT2D eigenvalue weighted by Gasteiger charge is 2.25. The third kappa shape index (κ3) is 5.76. The number of rotatable bonds is 8. The lowest BCUT2D eigenvalue weighted by Crippen LogP contribution is -2.39. The van der Waals surface area contributed by atoms with Crippen molar-refractivity contribution in [1.82, 2.24) is 19.8 Å². The van der Waals surface area contributed by atoms with E-state index in [2.05, 4.69) is 68.0 Å². The first-order valence-corrected chi connectivity index (χ1v) is 12.9. The van der Waals surface area contributed by atoms with Crippen molar-refractivity contribution >= 4 is 16.8 Å². The van der Waals surface area contributed by atoms with Gasteiger partial charge >= 0.3 is 0 Å². The molecule has 1 saturated heterocycles. The fraction of sp³-hybridized carbons (Fsp3) is 0.517. The van der Waals surface area contributed by atoms with Crippen molar-refractivity contribution in [2.75, 3.05) is 39.8 Å². The van der Waals surface area contributed by atoms with Crippen LogP contribution < -0.4 is 0 Å². The van der Waals surface area contributed by atoms with Gasteiger partial charge in [-0.05, 0) is 81.0 Å². The number of likely N-dealkylation sites (N-methyl/N-ethyl adjacent to an activating group) is 1. The maximum atomic E-state index is 12.7. The highest BCUT2D eigenvalue weighted by molar-refractivity contribution is 5.92. The smallest absolute Gasteiger partial charge is 0.223 e. The van der Waals surface area contributed by atoms with Crippen molar-refractivity contribution in [3.63, 3.8) is 0 Å². The molecule has 6 heteroatoms. The van der Waals surface area contributed by atoms with Crippen LogP contribution in [-0.2, 0) is 4.79 Å². The summed E-state index contributed by atoms with van der Waals surface area (Å²) >= 11 is 0. The number of pyridine rings is 1. The van der Waals surface area contributed by atoms with Crippen molar-refractivity contribution in [2.24, 2.45) is 0 Å². The minimum atomic E-state index is 0.128. The molecule has 0 radical (unpaired) electrons. The molecule has 188 valence electrons. The Morgan fingerprint density at radius 2 is 1.83 bits per heavy atom. The summed E-state index contributed by atoms with van der Waals surface area (Å²) in [6.07, 6.45) is 2.52. The van der Waals surface area contributed by atoms with Crippen molar-refractivity contribution in [3.05, 3.63) is 52.8 Å². The van der Waals surface area contributed by atoms with Crippen molar-refractivity contribution in [1.29, 1.82) is 0 Å². The fourth-order valence-corrected chi connectivity index (χ4v) is 5.48. The number of nitrogens with one attached hydrogen (secondary N) is 1. The Bertz CT molecular complexity index is 1150. The first-order chi connectivity index (χ1) is 16.8. The summed E-state index contributed by atoms with van der Waals surface area (Å²) in [7, 11) is 1.95. The summed E-state index contributed by atoms with van der Waals surface area (Å²) in [4.78, 5) is 24.9. The second-order valence-electron chi connectivity index (χ2n) is 10.4. The van der Waals surface area contributed by atoms with Gasteiger partial charge in [0.25, 0.3) is 0 Å². The molecule has 1 fully saturated rings. The monoisotopic (exact) mass is 476 g/mol. The van der Waals surface area contributed by atoms with Crippen LogP contribution in [0.3, 0.4) is 0 Å². The number of carbonyl (C=O) groups is 1. The van der Waals surface area contributed by atoms with Gasteiger partial charge in [-0.15, -0.1) is 0 Å². The molecule has 1 aliphatic rings.